The van der Waals surface area contributed by atoms with Gasteiger partial charge in [0.25, 0.3) is 0 Å². The molecule has 5 heterocycles. The molecular weight excluding hydrogens is 512 g/mol. The quantitative estimate of drug-likeness (QED) is 0.481. The van der Waals surface area contributed by atoms with Gasteiger partial charge in [0.05, 0.1) is 45.7 Å². The summed E-state index contributed by atoms with van der Waals surface area (Å²) in [6.45, 7) is 11.3. The molecule has 0 aromatic carbocycles. The van der Waals surface area contributed by atoms with Gasteiger partial charge in [-0.1, -0.05) is 0 Å². The Morgan fingerprint density at radius 1 is 0.568 bits per heavy atom. The molecule has 0 radical (unpaired) electrons. The molecule has 37 heavy (non-hydrogen) atoms. The molecule has 3 aromatic rings. The maximum absolute atomic E-state index is 12.1. The standard InChI is InChI=1S/C28H26N4O4.Fe/c1-11-13(3)19-8-21-15(5)25(27(33)34)23(31-21)10-24-26(28(35)36)16(6)22(32-24)9-20-14(4)12(2)18(30-20)7-17(11)29-19;/h7-10,31-32H,1-6H3,(H,33,34)(H,35,36);/q;+2/p-2. The molecule has 2 N–H and O–H groups in total. The zero-order chi connectivity index (χ0) is 26.0. The third-order valence-corrected chi connectivity index (χ3v) is 7.31. The number of carbonyl (C=O) groups excluding carboxylic acids is 2. The number of aryl methyl sites for hydroxylation is 2. The van der Waals surface area contributed by atoms with Crippen molar-refractivity contribution < 1.29 is 36.9 Å². The first-order valence-corrected chi connectivity index (χ1v) is 11.5. The molecule has 188 valence electrons. The summed E-state index contributed by atoms with van der Waals surface area (Å²) in [5, 5.41) is 24.1. The van der Waals surface area contributed by atoms with Crippen LogP contribution in [-0.4, -0.2) is 31.9 Å². The second-order valence-electron chi connectivity index (χ2n) is 9.32. The fourth-order valence-electron chi connectivity index (χ4n) is 4.78. The summed E-state index contributed by atoms with van der Waals surface area (Å²) in [6.07, 6.45) is 0. The van der Waals surface area contributed by atoms with E-state index in [2.05, 4.69) is 9.97 Å². The molecule has 0 amide bonds. The SMILES string of the molecule is CC1=C(C)c2cc3[nH]c(cc4[nH]c(cc5nc(cc1n2)C(C)=C5C)c(C)c4C(=O)[O-])c(C(=O)[O-])c3C.[Fe+2]. The van der Waals surface area contributed by atoms with Crippen molar-refractivity contribution in [1.29, 1.82) is 0 Å². The van der Waals surface area contributed by atoms with Gasteiger partial charge in [-0.15, -0.1) is 0 Å². The molecule has 0 aliphatic carbocycles. The number of carbonyl (C=O) groups is 2. The Balaban J connectivity index is 0.00000320. The van der Waals surface area contributed by atoms with Gasteiger partial charge in [0.2, 0.25) is 0 Å². The Kier molecular flexibility index (Phi) is 6.48. The Hall–Kier alpha value is -3.94. The molecule has 8 bridgehead atoms. The average Bonchev–Trinajstić information content (AvgIpc) is 3.45. The predicted molar refractivity (Wildman–Crippen MR) is 135 cm³/mol. The molecule has 3 aromatic heterocycles. The molecule has 9 heteroatoms. The summed E-state index contributed by atoms with van der Waals surface area (Å²) in [6, 6.07) is 7.00. The number of fused-ring (bicyclic) bond motifs is 8. The van der Waals surface area contributed by atoms with Crippen LogP contribution in [0.5, 0.6) is 0 Å². The summed E-state index contributed by atoms with van der Waals surface area (Å²) in [5.74, 6) is -2.73. The first kappa shape index (κ1) is 26.1. The molecule has 5 rings (SSSR count). The average molecular weight is 536 g/mol. The number of carboxylic acids is 2. The fraction of sp³-hybridized carbons (Fsp3) is 0.214. The molecule has 0 saturated heterocycles. The van der Waals surface area contributed by atoms with Gasteiger partial charge in [0.1, 0.15) is 0 Å². The number of H-pyrrole nitrogens is 2. The van der Waals surface area contributed by atoms with Crippen molar-refractivity contribution >= 4 is 56.3 Å². The number of nitrogens with zero attached hydrogens (tertiary/aromatic N) is 2. The first-order chi connectivity index (χ1) is 17.0. The van der Waals surface area contributed by atoms with Crippen molar-refractivity contribution in [3.8, 4) is 0 Å². The number of allylic oxidation sites excluding steroid dienone is 4. The van der Waals surface area contributed by atoms with Crippen LogP contribution < -0.4 is 10.2 Å². The smallest absolute Gasteiger partial charge is 0.545 e. The zero-order valence-corrected chi connectivity index (χ0v) is 22.3. The summed E-state index contributed by atoms with van der Waals surface area (Å²) in [5.41, 5.74) is 9.30. The minimum Gasteiger partial charge on any atom is -0.545 e. The van der Waals surface area contributed by atoms with Gasteiger partial charge in [-0.2, -0.15) is 0 Å². The number of rotatable bonds is 2. The van der Waals surface area contributed by atoms with E-state index in [0.717, 1.165) is 33.7 Å². The number of hydrogen-bond acceptors (Lipinski definition) is 6. The predicted octanol–water partition coefficient (Wildman–Crippen LogP) is 3.56. The molecular formula is C28H24FeN4O4. The zero-order valence-electron chi connectivity index (χ0n) is 21.2. The van der Waals surface area contributed by atoms with Gasteiger partial charge in [0, 0.05) is 22.2 Å². The summed E-state index contributed by atoms with van der Waals surface area (Å²) in [7, 11) is 0. The monoisotopic (exact) mass is 536 g/mol. The van der Waals surface area contributed by atoms with E-state index in [4.69, 9.17) is 9.97 Å². The number of aromatic nitrogens is 4. The van der Waals surface area contributed by atoms with Crippen LogP contribution in [0.15, 0.2) is 24.3 Å². The largest absolute Gasteiger partial charge is 2.00 e. The maximum atomic E-state index is 12.1. The molecule has 0 fully saturated rings. The van der Waals surface area contributed by atoms with E-state index in [1.54, 1.807) is 26.0 Å². The molecule has 0 saturated carbocycles. The van der Waals surface area contributed by atoms with E-state index in [1.807, 2.05) is 33.8 Å². The van der Waals surface area contributed by atoms with E-state index in [1.165, 1.54) is 6.07 Å². The summed E-state index contributed by atoms with van der Waals surface area (Å²) >= 11 is 0. The van der Waals surface area contributed by atoms with Crippen molar-refractivity contribution in [2.24, 2.45) is 0 Å². The minimum absolute atomic E-state index is 0. The third-order valence-electron chi connectivity index (χ3n) is 7.31. The van der Waals surface area contributed by atoms with Gasteiger partial charge in [-0.3, -0.25) is 0 Å². The number of aromatic carboxylic acids is 2. The van der Waals surface area contributed by atoms with Crippen LogP contribution in [0.4, 0.5) is 0 Å². The van der Waals surface area contributed by atoms with Crippen molar-refractivity contribution in [3.63, 3.8) is 0 Å². The second kappa shape index (κ2) is 9.17. The third kappa shape index (κ3) is 4.10. The Labute approximate surface area is 223 Å². The Morgan fingerprint density at radius 2 is 0.892 bits per heavy atom. The van der Waals surface area contributed by atoms with Crippen LogP contribution in [0, 0.1) is 13.8 Å². The van der Waals surface area contributed by atoms with Gasteiger partial charge in [-0.05, 0) is 99.2 Å². The van der Waals surface area contributed by atoms with Crippen molar-refractivity contribution in [3.05, 3.63) is 69.3 Å². The van der Waals surface area contributed by atoms with Crippen LogP contribution in [0.1, 0.15) is 82.3 Å². The second-order valence-corrected chi connectivity index (χ2v) is 9.32. The normalized spacial score (nSPS) is 13.1. The topological polar surface area (TPSA) is 138 Å². The van der Waals surface area contributed by atoms with Gasteiger partial charge in [0.15, 0.2) is 0 Å². The van der Waals surface area contributed by atoms with Gasteiger partial charge < -0.3 is 29.8 Å². The first-order valence-electron chi connectivity index (χ1n) is 11.5. The van der Waals surface area contributed by atoms with E-state index < -0.39 is 11.9 Å². The molecule has 0 spiro atoms. The molecule has 0 atom stereocenters. The van der Waals surface area contributed by atoms with E-state index in [9.17, 15) is 19.8 Å². The number of hydrogen-bond donors (Lipinski definition) is 2. The van der Waals surface area contributed by atoms with E-state index in [0.29, 0.717) is 33.5 Å². The van der Waals surface area contributed by atoms with Crippen LogP contribution >= 0.6 is 0 Å². The van der Waals surface area contributed by atoms with Crippen LogP contribution in [0.3, 0.4) is 0 Å². The Bertz CT molecular complexity index is 1630. The number of nitrogens with one attached hydrogen (secondary N) is 2. The van der Waals surface area contributed by atoms with Crippen molar-refractivity contribution in [2.45, 2.75) is 41.5 Å². The fourth-order valence-corrected chi connectivity index (χ4v) is 4.78. The Morgan fingerprint density at radius 3 is 1.22 bits per heavy atom. The van der Waals surface area contributed by atoms with E-state index in [-0.39, 0.29) is 39.2 Å². The summed E-state index contributed by atoms with van der Waals surface area (Å²) < 4.78 is 0. The number of aromatic amines is 2. The van der Waals surface area contributed by atoms with Crippen LogP contribution in [-0.2, 0) is 17.1 Å². The van der Waals surface area contributed by atoms with E-state index >= 15 is 0 Å². The minimum atomic E-state index is -1.37. The van der Waals surface area contributed by atoms with Crippen LogP contribution in [0.25, 0.3) is 44.4 Å². The van der Waals surface area contributed by atoms with Crippen LogP contribution in [0.2, 0.25) is 0 Å². The molecule has 2 aliphatic rings. The molecule has 8 nitrogen and oxygen atoms in total. The van der Waals surface area contributed by atoms with Gasteiger partial charge in [-0.25, -0.2) is 9.97 Å². The summed E-state index contributed by atoms with van der Waals surface area (Å²) in [4.78, 5) is 40.0. The van der Waals surface area contributed by atoms with Crippen molar-refractivity contribution in [2.75, 3.05) is 0 Å². The molecule has 2 aliphatic heterocycles. The van der Waals surface area contributed by atoms with Crippen molar-refractivity contribution in [1.82, 2.24) is 19.9 Å². The number of carboxylic acid groups (broad SMARTS) is 2. The molecule has 0 unspecified atom stereocenters. The van der Waals surface area contributed by atoms with Gasteiger partial charge >= 0.3 is 17.1 Å². The maximum Gasteiger partial charge on any atom is 2.00 e.